The van der Waals surface area contributed by atoms with Crippen LogP contribution in [0.1, 0.15) is 57.2 Å². The van der Waals surface area contributed by atoms with Crippen LogP contribution in [0.3, 0.4) is 0 Å². The summed E-state index contributed by atoms with van der Waals surface area (Å²) in [6.07, 6.45) is 3.79. The molecule has 154 valence electrons. The first-order valence-corrected chi connectivity index (χ1v) is 10.4. The first-order chi connectivity index (χ1) is 13.3. The number of hydrogen-bond donors (Lipinski definition) is 0. The highest BCUT2D eigenvalue weighted by molar-refractivity contribution is 5.89. The van der Waals surface area contributed by atoms with Gasteiger partial charge in [0.05, 0.1) is 12.3 Å². The number of rotatable bonds is 2. The molecule has 2 aliphatic heterocycles. The molecule has 3 rings (SSSR count). The highest BCUT2D eigenvalue weighted by Crippen LogP contribution is 2.32. The summed E-state index contributed by atoms with van der Waals surface area (Å²) in [5.74, 6) is 0. The molecule has 2 amide bonds. The summed E-state index contributed by atoms with van der Waals surface area (Å²) >= 11 is 0. The number of hydrogen-bond acceptors (Lipinski definition) is 4. The molecule has 2 aliphatic rings. The Bertz CT molecular complexity index is 739. The fraction of sp³-hybridized carbons (Fsp3) is 0.636. The Morgan fingerprint density at radius 3 is 2.29 bits per heavy atom. The molecule has 0 fully saturated rings. The van der Waals surface area contributed by atoms with Crippen molar-refractivity contribution in [2.75, 3.05) is 31.1 Å². The van der Waals surface area contributed by atoms with Gasteiger partial charge in [0.25, 0.3) is 0 Å². The Morgan fingerprint density at radius 1 is 0.964 bits per heavy atom. The van der Waals surface area contributed by atoms with Gasteiger partial charge in [-0.2, -0.15) is 0 Å². The van der Waals surface area contributed by atoms with Crippen molar-refractivity contribution in [1.29, 1.82) is 0 Å². The van der Waals surface area contributed by atoms with Crippen molar-refractivity contribution in [1.82, 2.24) is 4.90 Å². The van der Waals surface area contributed by atoms with Crippen molar-refractivity contribution in [3.8, 4) is 0 Å². The van der Waals surface area contributed by atoms with Crippen molar-refractivity contribution in [2.24, 2.45) is 0 Å². The first-order valence-electron chi connectivity index (χ1n) is 10.4. The van der Waals surface area contributed by atoms with E-state index in [0.717, 1.165) is 37.8 Å². The topological polar surface area (TPSA) is 59.1 Å². The van der Waals surface area contributed by atoms with E-state index in [9.17, 15) is 9.59 Å². The summed E-state index contributed by atoms with van der Waals surface area (Å²) in [5, 5.41) is 0. The Kier molecular flexibility index (Phi) is 6.16. The predicted octanol–water partition coefficient (Wildman–Crippen LogP) is 4.32. The third kappa shape index (κ3) is 4.78. The van der Waals surface area contributed by atoms with Gasteiger partial charge in [0.2, 0.25) is 0 Å². The van der Waals surface area contributed by atoms with E-state index in [4.69, 9.17) is 9.47 Å². The summed E-state index contributed by atoms with van der Waals surface area (Å²) in [7, 11) is 0. The van der Waals surface area contributed by atoms with Gasteiger partial charge in [0.1, 0.15) is 5.60 Å². The molecule has 0 saturated carbocycles. The van der Waals surface area contributed by atoms with Gasteiger partial charge in [-0.05, 0) is 75.6 Å². The van der Waals surface area contributed by atoms with Crippen molar-refractivity contribution in [3.63, 3.8) is 0 Å². The largest absolute Gasteiger partial charge is 0.449 e. The number of ether oxygens (including phenoxy) is 2. The fourth-order valence-corrected chi connectivity index (χ4v) is 3.78. The molecule has 0 atom stereocenters. The number of amides is 2. The van der Waals surface area contributed by atoms with Gasteiger partial charge in [0.15, 0.2) is 0 Å². The Morgan fingerprint density at radius 2 is 1.64 bits per heavy atom. The van der Waals surface area contributed by atoms with E-state index in [0.29, 0.717) is 26.2 Å². The van der Waals surface area contributed by atoms with Crippen LogP contribution in [0.2, 0.25) is 0 Å². The zero-order valence-electron chi connectivity index (χ0n) is 17.5. The highest BCUT2D eigenvalue weighted by Gasteiger charge is 2.28. The Labute approximate surface area is 167 Å². The summed E-state index contributed by atoms with van der Waals surface area (Å²) in [6.45, 7) is 10.1. The summed E-state index contributed by atoms with van der Waals surface area (Å²) in [6, 6.07) is 4.36. The van der Waals surface area contributed by atoms with Crippen molar-refractivity contribution >= 4 is 17.9 Å². The monoisotopic (exact) mass is 388 g/mol. The van der Waals surface area contributed by atoms with Crippen LogP contribution in [-0.2, 0) is 28.7 Å². The van der Waals surface area contributed by atoms with Gasteiger partial charge in [0, 0.05) is 19.6 Å². The molecule has 0 N–H and O–H groups in total. The van der Waals surface area contributed by atoms with Gasteiger partial charge in [-0.1, -0.05) is 13.0 Å². The number of carbonyl (C=O) groups is 2. The van der Waals surface area contributed by atoms with Crippen LogP contribution < -0.4 is 4.90 Å². The lowest BCUT2D eigenvalue weighted by Crippen LogP contribution is -2.38. The van der Waals surface area contributed by atoms with E-state index in [1.807, 2.05) is 27.7 Å². The minimum atomic E-state index is -0.491. The molecule has 0 unspecified atom stereocenters. The van der Waals surface area contributed by atoms with Crippen molar-refractivity contribution < 1.29 is 19.1 Å². The van der Waals surface area contributed by atoms with Crippen molar-refractivity contribution in [2.45, 2.75) is 65.4 Å². The zero-order valence-corrected chi connectivity index (χ0v) is 17.5. The van der Waals surface area contributed by atoms with Gasteiger partial charge >= 0.3 is 12.2 Å². The normalized spacial score (nSPS) is 16.7. The molecule has 1 aromatic carbocycles. The summed E-state index contributed by atoms with van der Waals surface area (Å²) < 4.78 is 10.9. The average molecular weight is 389 g/mol. The second-order valence-corrected chi connectivity index (χ2v) is 8.59. The molecule has 1 aromatic rings. The standard InChI is InChI=1S/C22H32N2O4/c1-5-13-27-21(26)24-10-6-7-18-14-16-8-11-23(20(25)28-22(2,3)4)12-9-17(16)15-19(18)24/h14-15H,5-13H2,1-4H3. The third-order valence-corrected chi connectivity index (χ3v) is 5.12. The number of benzene rings is 1. The van der Waals surface area contributed by atoms with Gasteiger partial charge in [-0.15, -0.1) is 0 Å². The van der Waals surface area contributed by atoms with Crippen LogP contribution >= 0.6 is 0 Å². The molecule has 0 bridgehead atoms. The average Bonchev–Trinajstić information content (AvgIpc) is 2.84. The van der Waals surface area contributed by atoms with Crippen LogP contribution in [-0.4, -0.2) is 48.9 Å². The molecule has 0 spiro atoms. The maximum absolute atomic E-state index is 12.5. The second-order valence-electron chi connectivity index (χ2n) is 8.59. The van der Waals surface area contributed by atoms with Crippen molar-refractivity contribution in [3.05, 3.63) is 28.8 Å². The van der Waals surface area contributed by atoms with E-state index in [1.54, 1.807) is 9.80 Å². The van der Waals surface area contributed by atoms with Crippen LogP contribution in [0.5, 0.6) is 0 Å². The van der Waals surface area contributed by atoms with Gasteiger partial charge in [-0.3, -0.25) is 4.90 Å². The molecule has 0 saturated heterocycles. The van der Waals surface area contributed by atoms with E-state index < -0.39 is 5.60 Å². The minimum Gasteiger partial charge on any atom is -0.449 e. The first kappa shape index (κ1) is 20.5. The third-order valence-electron chi connectivity index (χ3n) is 5.12. The molecular weight excluding hydrogens is 356 g/mol. The predicted molar refractivity (Wildman–Crippen MR) is 109 cm³/mol. The van der Waals surface area contributed by atoms with E-state index in [1.165, 1.54) is 16.7 Å². The molecule has 0 radical (unpaired) electrons. The molecular formula is C22H32N2O4. The quantitative estimate of drug-likeness (QED) is 0.757. The highest BCUT2D eigenvalue weighted by atomic mass is 16.6. The number of carbonyl (C=O) groups excluding carboxylic acids is 2. The summed E-state index contributed by atoms with van der Waals surface area (Å²) in [4.78, 5) is 28.5. The number of anilines is 1. The lowest BCUT2D eigenvalue weighted by atomic mass is 9.93. The smallest absolute Gasteiger partial charge is 0.414 e. The number of aryl methyl sites for hydroxylation is 1. The van der Waals surface area contributed by atoms with Gasteiger partial charge < -0.3 is 14.4 Å². The van der Waals surface area contributed by atoms with Gasteiger partial charge in [-0.25, -0.2) is 9.59 Å². The number of nitrogens with zero attached hydrogens (tertiary/aromatic N) is 2. The fourth-order valence-electron chi connectivity index (χ4n) is 3.78. The molecule has 28 heavy (non-hydrogen) atoms. The summed E-state index contributed by atoms with van der Waals surface area (Å²) in [5.41, 5.74) is 4.16. The van der Waals surface area contributed by atoms with E-state index in [-0.39, 0.29) is 12.2 Å². The maximum atomic E-state index is 12.5. The molecule has 6 nitrogen and oxygen atoms in total. The van der Waals surface area contributed by atoms with E-state index in [2.05, 4.69) is 12.1 Å². The second kappa shape index (κ2) is 8.41. The molecule has 0 aromatic heterocycles. The molecule has 2 heterocycles. The van der Waals surface area contributed by atoms with Crippen LogP contribution in [0.15, 0.2) is 12.1 Å². The SMILES string of the molecule is CCCOC(=O)N1CCCc2cc3c(cc21)CCN(C(=O)OC(C)(C)C)CC3. The zero-order chi connectivity index (χ0) is 20.3. The molecule has 6 heteroatoms. The Hall–Kier alpha value is -2.24. The maximum Gasteiger partial charge on any atom is 0.414 e. The van der Waals surface area contributed by atoms with Crippen LogP contribution in [0, 0.1) is 0 Å². The lowest BCUT2D eigenvalue weighted by Gasteiger charge is -2.30. The number of fused-ring (bicyclic) bond motifs is 2. The van der Waals surface area contributed by atoms with Crippen LogP contribution in [0.25, 0.3) is 0 Å². The van der Waals surface area contributed by atoms with Crippen LogP contribution in [0.4, 0.5) is 15.3 Å². The molecule has 0 aliphatic carbocycles. The van der Waals surface area contributed by atoms with E-state index >= 15 is 0 Å². The lowest BCUT2D eigenvalue weighted by molar-refractivity contribution is 0.0258. The Balaban J connectivity index is 1.77. The minimum absolute atomic E-state index is 0.255.